The molecule has 1 aliphatic heterocycles. The third-order valence-corrected chi connectivity index (χ3v) is 8.58. The predicted octanol–water partition coefficient (Wildman–Crippen LogP) is 4.02. The smallest absolute Gasteiger partial charge is 0.321 e. The van der Waals surface area contributed by atoms with Crippen molar-refractivity contribution in [2.24, 2.45) is 5.92 Å². The molecule has 0 aromatic heterocycles. The largest absolute Gasteiger partial charge is 0.497 e. The SMILES string of the molecule is COc1ccc(NC(=O)N(C)C[C@@H]2Oc3ccc(NS(=O)(=O)c4ccc(F)cc4)cc3C(=O)N([C@H](C)CO)C[C@H]2C)cc1. The zero-order valence-corrected chi connectivity index (χ0v) is 25.1. The lowest BCUT2D eigenvalue weighted by Gasteiger charge is -2.38. The van der Waals surface area contributed by atoms with Crippen LogP contribution in [0, 0.1) is 11.7 Å². The van der Waals surface area contributed by atoms with E-state index in [2.05, 4.69) is 10.0 Å². The molecule has 0 unspecified atom stereocenters. The molecule has 3 N–H and O–H groups in total. The van der Waals surface area contributed by atoms with Crippen LogP contribution in [0.15, 0.2) is 71.6 Å². The summed E-state index contributed by atoms with van der Waals surface area (Å²) in [6.45, 7) is 3.68. The summed E-state index contributed by atoms with van der Waals surface area (Å²) in [5.74, 6) is -0.419. The number of aliphatic hydroxyl groups is 1. The number of hydrogen-bond acceptors (Lipinski definition) is 7. The topological polar surface area (TPSA) is 138 Å². The molecule has 13 heteroatoms. The minimum Gasteiger partial charge on any atom is -0.497 e. The second-order valence-corrected chi connectivity index (χ2v) is 12.1. The van der Waals surface area contributed by atoms with Crippen LogP contribution in [0.4, 0.5) is 20.6 Å². The van der Waals surface area contributed by atoms with Gasteiger partial charge in [0.2, 0.25) is 0 Å². The quantitative estimate of drug-likeness (QED) is 0.331. The van der Waals surface area contributed by atoms with Crippen LogP contribution < -0.4 is 19.5 Å². The van der Waals surface area contributed by atoms with E-state index >= 15 is 0 Å². The maximum atomic E-state index is 13.7. The van der Waals surface area contributed by atoms with Crippen LogP contribution in [0.3, 0.4) is 0 Å². The number of rotatable bonds is 9. The molecular formula is C30H35FN4O7S. The number of carbonyl (C=O) groups excluding carboxylic acids is 2. The molecule has 3 atom stereocenters. The minimum atomic E-state index is -4.08. The Morgan fingerprint density at radius 2 is 1.79 bits per heavy atom. The fourth-order valence-electron chi connectivity index (χ4n) is 4.58. The molecule has 0 saturated carbocycles. The first-order valence-corrected chi connectivity index (χ1v) is 15.1. The number of likely N-dealkylation sites (N-methyl/N-ethyl adjacent to an activating group) is 1. The standard InChI is InChI=1S/C30H35FN4O7S/c1-19-16-35(20(2)18-36)29(37)26-15-23(33-43(39,40)25-12-5-21(31)6-13-25)9-14-27(26)42-28(19)17-34(3)30(38)32-22-7-10-24(41-4)11-8-22/h5-15,19-20,28,33,36H,16-18H2,1-4H3,(H,32,38)/t19-,20-,28+/m1/s1. The summed E-state index contributed by atoms with van der Waals surface area (Å²) >= 11 is 0. The van der Waals surface area contributed by atoms with Crippen LogP contribution in [-0.4, -0.2) is 81.3 Å². The average molecular weight is 615 g/mol. The Bertz CT molecular complexity index is 1550. The van der Waals surface area contributed by atoms with E-state index in [0.29, 0.717) is 11.4 Å². The fourth-order valence-corrected chi connectivity index (χ4v) is 5.63. The Balaban J connectivity index is 1.59. The minimum absolute atomic E-state index is 0.0850. The van der Waals surface area contributed by atoms with Gasteiger partial charge in [-0.2, -0.15) is 0 Å². The first kappa shape index (κ1) is 31.6. The first-order valence-electron chi connectivity index (χ1n) is 13.6. The van der Waals surface area contributed by atoms with E-state index in [9.17, 15) is 27.5 Å². The number of aliphatic hydroxyl groups excluding tert-OH is 1. The van der Waals surface area contributed by atoms with Crippen LogP contribution >= 0.6 is 0 Å². The van der Waals surface area contributed by atoms with Gasteiger partial charge in [0.1, 0.15) is 23.4 Å². The van der Waals surface area contributed by atoms with Crippen molar-refractivity contribution < 1.29 is 37.0 Å². The average Bonchev–Trinajstić information content (AvgIpc) is 2.99. The van der Waals surface area contributed by atoms with Crippen molar-refractivity contribution >= 4 is 33.3 Å². The van der Waals surface area contributed by atoms with E-state index in [4.69, 9.17) is 9.47 Å². The number of sulfonamides is 1. The maximum absolute atomic E-state index is 13.7. The monoisotopic (exact) mass is 614 g/mol. The zero-order chi connectivity index (χ0) is 31.3. The lowest BCUT2D eigenvalue weighted by atomic mass is 9.99. The van der Waals surface area contributed by atoms with Gasteiger partial charge in [-0.1, -0.05) is 6.92 Å². The Morgan fingerprint density at radius 3 is 2.42 bits per heavy atom. The molecule has 1 heterocycles. The molecule has 1 aliphatic rings. The summed E-state index contributed by atoms with van der Waals surface area (Å²) in [6, 6.07) is 14.6. The molecule has 3 aromatic rings. The van der Waals surface area contributed by atoms with Crippen molar-refractivity contribution in [1.82, 2.24) is 9.80 Å². The van der Waals surface area contributed by atoms with Gasteiger partial charge in [0, 0.05) is 30.9 Å². The van der Waals surface area contributed by atoms with Crippen molar-refractivity contribution in [3.8, 4) is 11.5 Å². The number of ether oxygens (including phenoxy) is 2. The molecular weight excluding hydrogens is 579 g/mol. The highest BCUT2D eigenvalue weighted by molar-refractivity contribution is 7.92. The number of benzene rings is 3. The lowest BCUT2D eigenvalue weighted by Crippen LogP contribution is -2.50. The summed E-state index contributed by atoms with van der Waals surface area (Å²) < 4.78 is 53.0. The number of carbonyl (C=O) groups is 2. The number of halogens is 1. The van der Waals surface area contributed by atoms with Gasteiger partial charge in [-0.05, 0) is 73.7 Å². The van der Waals surface area contributed by atoms with Crippen molar-refractivity contribution in [3.05, 3.63) is 78.1 Å². The van der Waals surface area contributed by atoms with E-state index < -0.39 is 33.9 Å². The molecule has 230 valence electrons. The third-order valence-electron chi connectivity index (χ3n) is 7.18. The zero-order valence-electron chi connectivity index (χ0n) is 24.3. The summed E-state index contributed by atoms with van der Waals surface area (Å²) in [4.78, 5) is 29.5. The number of nitrogens with one attached hydrogen (secondary N) is 2. The Morgan fingerprint density at radius 1 is 1.14 bits per heavy atom. The number of methoxy groups -OCH3 is 1. The van der Waals surface area contributed by atoms with Gasteiger partial charge in [-0.25, -0.2) is 17.6 Å². The maximum Gasteiger partial charge on any atom is 0.321 e. The number of urea groups is 1. The van der Waals surface area contributed by atoms with Gasteiger partial charge in [-0.3, -0.25) is 9.52 Å². The second-order valence-electron chi connectivity index (χ2n) is 10.4. The highest BCUT2D eigenvalue weighted by atomic mass is 32.2. The van der Waals surface area contributed by atoms with Crippen molar-refractivity contribution in [2.45, 2.75) is 30.9 Å². The van der Waals surface area contributed by atoms with Gasteiger partial charge in [-0.15, -0.1) is 0 Å². The molecule has 0 aliphatic carbocycles. The molecule has 0 radical (unpaired) electrons. The molecule has 0 saturated heterocycles. The van der Waals surface area contributed by atoms with Crippen LogP contribution in [0.1, 0.15) is 24.2 Å². The summed E-state index contributed by atoms with van der Waals surface area (Å²) in [7, 11) is -0.900. The van der Waals surface area contributed by atoms with Crippen molar-refractivity contribution in [1.29, 1.82) is 0 Å². The van der Waals surface area contributed by atoms with E-state index in [1.807, 2.05) is 6.92 Å². The van der Waals surface area contributed by atoms with Crippen LogP contribution in [0.25, 0.3) is 0 Å². The third kappa shape index (κ3) is 7.54. The van der Waals surface area contributed by atoms with Crippen molar-refractivity contribution in [3.63, 3.8) is 0 Å². The molecule has 0 bridgehead atoms. The number of fused-ring (bicyclic) bond motifs is 1. The molecule has 3 aromatic carbocycles. The Kier molecular flexibility index (Phi) is 9.77. The van der Waals surface area contributed by atoms with Gasteiger partial charge >= 0.3 is 6.03 Å². The number of nitrogens with zero attached hydrogens (tertiary/aromatic N) is 2. The second kappa shape index (κ2) is 13.3. The van der Waals surface area contributed by atoms with Gasteiger partial charge in [0.25, 0.3) is 15.9 Å². The normalized spacial score (nSPS) is 17.5. The molecule has 0 fully saturated rings. The highest BCUT2D eigenvalue weighted by Gasteiger charge is 2.34. The van der Waals surface area contributed by atoms with Crippen molar-refractivity contribution in [2.75, 3.05) is 43.9 Å². The molecule has 43 heavy (non-hydrogen) atoms. The summed E-state index contributed by atoms with van der Waals surface area (Å²) in [5.41, 5.74) is 0.762. The number of amides is 3. The Labute approximate surface area is 250 Å². The van der Waals surface area contributed by atoms with Crippen LogP contribution in [-0.2, 0) is 10.0 Å². The van der Waals surface area contributed by atoms with E-state index in [0.717, 1.165) is 24.3 Å². The van der Waals surface area contributed by atoms with Gasteiger partial charge in [0.15, 0.2) is 0 Å². The molecule has 11 nitrogen and oxygen atoms in total. The van der Waals surface area contributed by atoms with Gasteiger partial charge in [0.05, 0.1) is 36.8 Å². The molecule has 3 amide bonds. The van der Waals surface area contributed by atoms with Crippen LogP contribution in [0.2, 0.25) is 0 Å². The predicted molar refractivity (Wildman–Crippen MR) is 159 cm³/mol. The number of anilines is 2. The molecule has 4 rings (SSSR count). The van der Waals surface area contributed by atoms with E-state index in [-0.39, 0.29) is 53.5 Å². The summed E-state index contributed by atoms with van der Waals surface area (Å²) in [6.07, 6.45) is -0.561. The number of hydrogen-bond donors (Lipinski definition) is 3. The van der Waals surface area contributed by atoms with E-state index in [1.54, 1.807) is 45.3 Å². The van der Waals surface area contributed by atoms with Crippen LogP contribution in [0.5, 0.6) is 11.5 Å². The molecule has 0 spiro atoms. The lowest BCUT2D eigenvalue weighted by molar-refractivity contribution is 0.0371. The Hall–Kier alpha value is -4.36. The van der Waals surface area contributed by atoms with Gasteiger partial charge < -0.3 is 29.7 Å². The highest BCUT2D eigenvalue weighted by Crippen LogP contribution is 2.31. The van der Waals surface area contributed by atoms with E-state index in [1.165, 1.54) is 28.0 Å². The fraction of sp³-hybridized carbons (Fsp3) is 0.333. The summed E-state index contributed by atoms with van der Waals surface area (Å²) in [5, 5.41) is 12.7. The first-order chi connectivity index (χ1) is 20.4.